The first-order valence-corrected chi connectivity index (χ1v) is 14.2. The summed E-state index contributed by atoms with van der Waals surface area (Å²) in [7, 11) is 0. The number of hydrogen-bond acceptors (Lipinski definition) is 5. The van der Waals surface area contributed by atoms with Crippen molar-refractivity contribution in [2.45, 2.75) is 4.90 Å². The van der Waals surface area contributed by atoms with E-state index in [0.717, 1.165) is 32.4 Å². The number of thioether (sulfide) groups is 1. The maximum absolute atomic E-state index is 13.7. The number of para-hydroxylation sites is 2. The van der Waals surface area contributed by atoms with Crippen LogP contribution in [0.5, 0.6) is 0 Å². The number of nitrogens with zero attached hydrogens (tertiary/aromatic N) is 4. The van der Waals surface area contributed by atoms with E-state index in [0.29, 0.717) is 22.1 Å². The molecule has 0 saturated heterocycles. The zero-order chi connectivity index (χ0) is 25.9. The normalized spacial score (nSPS) is 14.3. The SMILES string of the molecule is O=C1/C(=C\c2cn(-c3ccccc3)nc2-c2cccs2)C(CSc2ccc(Cl)cc2)=NN1c1ccccc1. The zero-order valence-electron chi connectivity index (χ0n) is 20.1. The van der Waals surface area contributed by atoms with Gasteiger partial charge < -0.3 is 0 Å². The molecule has 6 rings (SSSR count). The lowest BCUT2D eigenvalue weighted by Gasteiger charge is -2.10. The molecule has 8 heteroatoms. The molecule has 38 heavy (non-hydrogen) atoms. The summed E-state index contributed by atoms with van der Waals surface area (Å²) < 4.78 is 1.86. The molecule has 3 aromatic carbocycles. The Balaban J connectivity index is 1.41. The van der Waals surface area contributed by atoms with Gasteiger partial charge in [0.2, 0.25) is 0 Å². The van der Waals surface area contributed by atoms with Gasteiger partial charge in [-0.15, -0.1) is 23.1 Å². The fourth-order valence-corrected chi connectivity index (χ4v) is 5.80. The molecular formula is C30H21ClN4OS2. The predicted molar refractivity (Wildman–Crippen MR) is 158 cm³/mol. The summed E-state index contributed by atoms with van der Waals surface area (Å²) in [6.07, 6.45) is 3.90. The molecule has 0 aliphatic carbocycles. The van der Waals surface area contributed by atoms with Gasteiger partial charge in [0.1, 0.15) is 5.69 Å². The van der Waals surface area contributed by atoms with Crippen LogP contribution < -0.4 is 5.01 Å². The summed E-state index contributed by atoms with van der Waals surface area (Å²) in [4.78, 5) is 15.8. The van der Waals surface area contributed by atoms with E-state index in [1.807, 2.05) is 119 Å². The second kappa shape index (κ2) is 10.8. The third kappa shape index (κ3) is 5.09. The van der Waals surface area contributed by atoms with Crippen molar-refractivity contribution in [1.29, 1.82) is 0 Å². The van der Waals surface area contributed by atoms with Crippen LogP contribution in [0.15, 0.2) is 124 Å². The molecule has 0 saturated carbocycles. The van der Waals surface area contributed by atoms with Crippen molar-refractivity contribution < 1.29 is 4.79 Å². The van der Waals surface area contributed by atoms with Gasteiger partial charge in [-0.2, -0.15) is 15.2 Å². The van der Waals surface area contributed by atoms with E-state index in [9.17, 15) is 4.79 Å². The first-order valence-electron chi connectivity index (χ1n) is 11.9. The van der Waals surface area contributed by atoms with E-state index in [2.05, 4.69) is 0 Å². The zero-order valence-corrected chi connectivity index (χ0v) is 22.5. The van der Waals surface area contributed by atoms with Gasteiger partial charge in [-0.25, -0.2) is 4.68 Å². The van der Waals surface area contributed by atoms with E-state index in [1.54, 1.807) is 23.1 Å². The molecule has 1 aliphatic rings. The number of aromatic nitrogens is 2. The van der Waals surface area contributed by atoms with Gasteiger partial charge in [-0.1, -0.05) is 54.1 Å². The van der Waals surface area contributed by atoms with Crippen molar-refractivity contribution in [2.24, 2.45) is 5.10 Å². The van der Waals surface area contributed by atoms with Gasteiger partial charge in [0, 0.05) is 27.4 Å². The van der Waals surface area contributed by atoms with Gasteiger partial charge in [0.15, 0.2) is 0 Å². The third-order valence-corrected chi connectivity index (χ3v) is 8.11. The molecule has 0 fully saturated rings. The summed E-state index contributed by atoms with van der Waals surface area (Å²) in [6, 6.07) is 31.2. The Morgan fingerprint density at radius 3 is 2.26 bits per heavy atom. The van der Waals surface area contributed by atoms with Crippen molar-refractivity contribution in [2.75, 3.05) is 10.8 Å². The van der Waals surface area contributed by atoms with Crippen molar-refractivity contribution in [1.82, 2.24) is 9.78 Å². The minimum atomic E-state index is -0.160. The largest absolute Gasteiger partial charge is 0.280 e. The molecule has 0 atom stereocenters. The van der Waals surface area contributed by atoms with Gasteiger partial charge in [0.05, 0.1) is 27.5 Å². The van der Waals surface area contributed by atoms with E-state index in [1.165, 1.54) is 5.01 Å². The average molecular weight is 553 g/mol. The molecule has 0 radical (unpaired) electrons. The molecular weight excluding hydrogens is 532 g/mol. The van der Waals surface area contributed by atoms with Crippen LogP contribution in [0.4, 0.5) is 5.69 Å². The van der Waals surface area contributed by atoms with E-state index >= 15 is 0 Å². The Hall–Kier alpha value is -3.91. The topological polar surface area (TPSA) is 50.5 Å². The monoisotopic (exact) mass is 552 g/mol. The Labute approximate surface area is 233 Å². The number of benzene rings is 3. The number of thiophene rings is 1. The fourth-order valence-electron chi connectivity index (χ4n) is 4.10. The number of anilines is 1. The van der Waals surface area contributed by atoms with Crippen LogP contribution >= 0.6 is 34.7 Å². The Morgan fingerprint density at radius 2 is 1.58 bits per heavy atom. The Kier molecular flexibility index (Phi) is 6.96. The standard InChI is InChI=1S/C30H21ClN4OS2/c31-22-13-15-25(16-14-22)38-20-27-26(30(36)35(32-27)24-10-5-2-6-11-24)18-21-19-34(23-8-3-1-4-9-23)33-29(21)28-12-7-17-37-28/h1-19H,20H2/b26-18-. The summed E-state index contributed by atoms with van der Waals surface area (Å²) in [5.74, 6) is 0.372. The summed E-state index contributed by atoms with van der Waals surface area (Å²) >= 11 is 9.30. The van der Waals surface area contributed by atoms with Gasteiger partial charge in [-0.3, -0.25) is 4.79 Å². The maximum Gasteiger partial charge on any atom is 0.280 e. The minimum Gasteiger partial charge on any atom is -0.267 e. The highest BCUT2D eigenvalue weighted by Gasteiger charge is 2.31. The lowest BCUT2D eigenvalue weighted by atomic mass is 10.1. The molecule has 0 bridgehead atoms. The summed E-state index contributed by atoms with van der Waals surface area (Å²) in [5.41, 5.74) is 4.63. The van der Waals surface area contributed by atoms with Crippen LogP contribution in [-0.2, 0) is 4.79 Å². The summed E-state index contributed by atoms with van der Waals surface area (Å²) in [6.45, 7) is 0. The number of amides is 1. The van der Waals surface area contributed by atoms with Gasteiger partial charge >= 0.3 is 0 Å². The first kappa shape index (κ1) is 24.4. The molecule has 0 N–H and O–H groups in total. The van der Waals surface area contributed by atoms with Crippen LogP contribution in [0.25, 0.3) is 22.3 Å². The maximum atomic E-state index is 13.7. The first-order chi connectivity index (χ1) is 18.7. The molecule has 0 spiro atoms. The average Bonchev–Trinajstić information content (AvgIpc) is 3.70. The molecule has 1 amide bonds. The van der Waals surface area contributed by atoms with E-state index in [-0.39, 0.29) is 5.91 Å². The lowest BCUT2D eigenvalue weighted by molar-refractivity contribution is -0.114. The number of rotatable bonds is 7. The van der Waals surface area contributed by atoms with Crippen LogP contribution in [0.1, 0.15) is 5.56 Å². The number of halogens is 1. The number of hydrogen-bond donors (Lipinski definition) is 0. The summed E-state index contributed by atoms with van der Waals surface area (Å²) in [5, 5.41) is 13.9. The Bertz CT molecular complexity index is 1630. The second-order valence-corrected chi connectivity index (χ2v) is 10.9. The smallest absolute Gasteiger partial charge is 0.267 e. The van der Waals surface area contributed by atoms with Crippen molar-refractivity contribution >= 4 is 58.1 Å². The fraction of sp³-hybridized carbons (Fsp3) is 0.0333. The Morgan fingerprint density at radius 1 is 0.868 bits per heavy atom. The molecule has 1 aliphatic heterocycles. The van der Waals surface area contributed by atoms with E-state index in [4.69, 9.17) is 21.8 Å². The van der Waals surface area contributed by atoms with Crippen LogP contribution in [-0.4, -0.2) is 27.2 Å². The highest BCUT2D eigenvalue weighted by atomic mass is 35.5. The molecule has 2 aromatic heterocycles. The van der Waals surface area contributed by atoms with Gasteiger partial charge in [-0.05, 0) is 66.1 Å². The minimum absolute atomic E-state index is 0.160. The van der Waals surface area contributed by atoms with Crippen LogP contribution in [0.2, 0.25) is 5.02 Å². The lowest BCUT2D eigenvalue weighted by Crippen LogP contribution is -2.21. The number of carbonyl (C=O) groups is 1. The van der Waals surface area contributed by atoms with Crippen molar-refractivity contribution in [3.63, 3.8) is 0 Å². The predicted octanol–water partition coefficient (Wildman–Crippen LogP) is 7.83. The molecule has 0 unspecified atom stereocenters. The van der Waals surface area contributed by atoms with Crippen LogP contribution in [0.3, 0.4) is 0 Å². The highest BCUT2D eigenvalue weighted by Crippen LogP contribution is 2.33. The molecule has 3 heterocycles. The molecule has 5 aromatic rings. The quantitative estimate of drug-likeness (QED) is 0.153. The van der Waals surface area contributed by atoms with E-state index < -0.39 is 0 Å². The number of hydrazone groups is 1. The van der Waals surface area contributed by atoms with Crippen molar-refractivity contribution in [3.8, 4) is 16.3 Å². The van der Waals surface area contributed by atoms with Gasteiger partial charge in [0.25, 0.3) is 5.91 Å². The van der Waals surface area contributed by atoms with Crippen LogP contribution in [0, 0.1) is 0 Å². The highest BCUT2D eigenvalue weighted by molar-refractivity contribution is 8.00. The van der Waals surface area contributed by atoms with Crippen molar-refractivity contribution in [3.05, 3.63) is 125 Å². The molecule has 5 nitrogen and oxygen atoms in total. The number of carbonyl (C=O) groups excluding carboxylic acids is 1. The molecule has 186 valence electrons. The third-order valence-electron chi connectivity index (χ3n) is 5.96. The second-order valence-electron chi connectivity index (χ2n) is 8.49.